The van der Waals surface area contributed by atoms with Gasteiger partial charge in [0, 0.05) is 56.6 Å². The third kappa shape index (κ3) is 5.88. The van der Waals surface area contributed by atoms with Crippen molar-refractivity contribution in [2.45, 2.75) is 38.7 Å². The van der Waals surface area contributed by atoms with Gasteiger partial charge in [0.25, 0.3) is 11.8 Å². The van der Waals surface area contributed by atoms with Crippen LogP contribution in [0, 0.1) is 11.6 Å². The first kappa shape index (κ1) is 28.5. The van der Waals surface area contributed by atoms with Crippen LogP contribution in [0.2, 0.25) is 0 Å². The largest absolute Gasteiger partial charge is 0.451 e. The molecule has 2 fully saturated rings. The summed E-state index contributed by atoms with van der Waals surface area (Å²) in [5.41, 5.74) is -1.36. The molecule has 0 aliphatic carbocycles. The van der Waals surface area contributed by atoms with Crippen LogP contribution in [0.4, 0.5) is 13.6 Å². The minimum Gasteiger partial charge on any atom is -0.451 e. The lowest BCUT2D eigenvalue weighted by atomic mass is 10.1. The Balaban J connectivity index is 1.40. The predicted octanol–water partition coefficient (Wildman–Crippen LogP) is 1.37. The summed E-state index contributed by atoms with van der Waals surface area (Å²) in [5.74, 6) is -3.45. The summed E-state index contributed by atoms with van der Waals surface area (Å²) in [4.78, 5) is 57.8. The number of carbonyl (C=O) groups is 3. The molecule has 2 atom stereocenters. The maximum absolute atomic E-state index is 14.1. The van der Waals surface area contributed by atoms with Gasteiger partial charge in [0.2, 0.25) is 18.0 Å². The van der Waals surface area contributed by atoms with Crippen molar-refractivity contribution in [1.82, 2.24) is 24.6 Å². The summed E-state index contributed by atoms with van der Waals surface area (Å²) in [6.07, 6.45) is 0.584. The average Bonchev–Trinajstić information content (AvgIpc) is 2.93. The van der Waals surface area contributed by atoms with Crippen molar-refractivity contribution in [2.24, 2.45) is 0 Å². The van der Waals surface area contributed by atoms with E-state index in [1.54, 1.807) is 0 Å². The number of piperazine rings is 1. The van der Waals surface area contributed by atoms with Crippen LogP contribution in [0.25, 0.3) is 0 Å². The number of fused-ring (bicyclic) bond motifs is 2. The Morgan fingerprint density at radius 1 is 1.15 bits per heavy atom. The highest BCUT2D eigenvalue weighted by molar-refractivity contribution is 5.99. The SMILES string of the molecule is CC1CCOC2Cn3cc(C(=O)NCc4ccc(F)cc4F)c(=O)c(OCOC(=O)N4CCN(C)CC4)c3C(=O)N12. The van der Waals surface area contributed by atoms with Crippen LogP contribution < -0.4 is 15.5 Å². The van der Waals surface area contributed by atoms with Crippen LogP contribution in [-0.4, -0.2) is 96.1 Å². The Bertz CT molecular complexity index is 1410. The van der Waals surface area contributed by atoms with E-state index in [-0.39, 0.29) is 36.0 Å². The van der Waals surface area contributed by atoms with E-state index < -0.39 is 53.7 Å². The van der Waals surface area contributed by atoms with Gasteiger partial charge < -0.3 is 38.8 Å². The van der Waals surface area contributed by atoms with Crippen molar-refractivity contribution in [3.05, 3.63) is 63.1 Å². The third-order valence-electron chi connectivity index (χ3n) is 7.51. The first-order valence-electron chi connectivity index (χ1n) is 13.3. The van der Waals surface area contributed by atoms with E-state index in [1.807, 2.05) is 14.0 Å². The molecular formula is C27H31F2N5O7. The molecule has 3 aliphatic heterocycles. The fraction of sp³-hybridized carbons (Fsp3) is 0.481. The first-order chi connectivity index (χ1) is 19.6. The maximum atomic E-state index is 14.1. The molecule has 3 aliphatic rings. The quantitative estimate of drug-likeness (QED) is 0.513. The van der Waals surface area contributed by atoms with Gasteiger partial charge in [0.1, 0.15) is 17.2 Å². The van der Waals surface area contributed by atoms with Crippen LogP contribution in [0.1, 0.15) is 39.8 Å². The third-order valence-corrected chi connectivity index (χ3v) is 7.51. The standard InChI is InChI=1S/C27H31F2N5O7/c1-16-5-10-39-21-14-33-13-19(25(36)30-12-17-3-4-18(28)11-20(17)29)23(35)24(22(33)26(37)34(16)21)40-15-41-27(38)32-8-6-31(2)7-9-32/h3-4,11,13,16,21H,5-10,12,14-15H2,1-2H3,(H,30,36). The van der Waals surface area contributed by atoms with E-state index in [9.17, 15) is 28.0 Å². The highest BCUT2D eigenvalue weighted by Crippen LogP contribution is 2.30. The van der Waals surface area contributed by atoms with Crippen LogP contribution in [0.3, 0.4) is 0 Å². The Morgan fingerprint density at radius 3 is 2.63 bits per heavy atom. The van der Waals surface area contributed by atoms with Crippen LogP contribution in [-0.2, 0) is 22.6 Å². The van der Waals surface area contributed by atoms with Crippen molar-refractivity contribution in [2.75, 3.05) is 46.6 Å². The molecule has 0 saturated carbocycles. The summed E-state index contributed by atoms with van der Waals surface area (Å²) in [5, 5.41) is 2.45. The number of halogens is 2. The molecule has 41 heavy (non-hydrogen) atoms. The van der Waals surface area contributed by atoms with Crippen molar-refractivity contribution in [3.63, 3.8) is 0 Å². The van der Waals surface area contributed by atoms with Crippen LogP contribution in [0.15, 0.2) is 29.2 Å². The molecule has 1 aromatic heterocycles. The van der Waals surface area contributed by atoms with E-state index >= 15 is 0 Å². The van der Waals surface area contributed by atoms with Crippen LogP contribution >= 0.6 is 0 Å². The average molecular weight is 576 g/mol. The Kier molecular flexibility index (Phi) is 8.22. The molecule has 2 saturated heterocycles. The van der Waals surface area contributed by atoms with Gasteiger partial charge >= 0.3 is 6.09 Å². The van der Waals surface area contributed by atoms with Crippen molar-refractivity contribution < 1.29 is 37.4 Å². The number of amides is 3. The van der Waals surface area contributed by atoms with Gasteiger partial charge in [-0.3, -0.25) is 14.4 Å². The van der Waals surface area contributed by atoms with Gasteiger partial charge in [0.15, 0.2) is 11.9 Å². The number of hydrogen-bond acceptors (Lipinski definition) is 8. The first-order valence-corrected chi connectivity index (χ1v) is 13.3. The summed E-state index contributed by atoms with van der Waals surface area (Å²) in [6.45, 7) is 3.72. The lowest BCUT2D eigenvalue weighted by Gasteiger charge is -2.44. The fourth-order valence-electron chi connectivity index (χ4n) is 5.09. The van der Waals surface area contributed by atoms with E-state index in [1.165, 1.54) is 26.6 Å². The zero-order valence-electron chi connectivity index (χ0n) is 22.7. The van der Waals surface area contributed by atoms with Crippen molar-refractivity contribution in [3.8, 4) is 5.75 Å². The molecule has 2 unspecified atom stereocenters. The smallest absolute Gasteiger partial charge is 0.412 e. The fourth-order valence-corrected chi connectivity index (χ4v) is 5.09. The van der Waals surface area contributed by atoms with E-state index in [2.05, 4.69) is 10.2 Å². The van der Waals surface area contributed by atoms with Gasteiger partial charge in [-0.25, -0.2) is 13.6 Å². The number of benzene rings is 1. The second kappa shape index (κ2) is 11.8. The lowest BCUT2D eigenvalue weighted by molar-refractivity contribution is -0.112. The number of carbonyl (C=O) groups excluding carboxylic acids is 3. The molecule has 4 heterocycles. The molecule has 1 aromatic carbocycles. The number of hydrogen-bond donors (Lipinski definition) is 1. The molecule has 14 heteroatoms. The summed E-state index contributed by atoms with van der Waals surface area (Å²) >= 11 is 0. The maximum Gasteiger partial charge on any atom is 0.412 e. The number of likely N-dealkylation sites (N-methyl/N-ethyl adjacent to an activating group) is 1. The Morgan fingerprint density at radius 2 is 1.90 bits per heavy atom. The number of nitrogens with one attached hydrogen (secondary N) is 1. The number of ether oxygens (including phenoxy) is 3. The number of rotatable bonds is 6. The van der Waals surface area contributed by atoms with Gasteiger partial charge in [0.05, 0.1) is 13.2 Å². The van der Waals surface area contributed by atoms with Crippen molar-refractivity contribution >= 4 is 17.9 Å². The van der Waals surface area contributed by atoms with Gasteiger partial charge in [-0.2, -0.15) is 0 Å². The normalized spacial score (nSPS) is 20.7. The summed E-state index contributed by atoms with van der Waals surface area (Å²) in [6, 6.07) is 2.76. The predicted molar refractivity (Wildman–Crippen MR) is 139 cm³/mol. The Hall–Kier alpha value is -4.04. The van der Waals surface area contributed by atoms with E-state index in [4.69, 9.17) is 14.2 Å². The zero-order valence-corrected chi connectivity index (χ0v) is 22.7. The second-order valence-electron chi connectivity index (χ2n) is 10.3. The second-order valence-corrected chi connectivity index (χ2v) is 10.3. The topological polar surface area (TPSA) is 123 Å². The van der Waals surface area contributed by atoms with E-state index in [0.29, 0.717) is 45.3 Å². The monoisotopic (exact) mass is 575 g/mol. The minimum atomic E-state index is -0.902. The number of pyridine rings is 1. The molecule has 5 rings (SSSR count). The highest BCUT2D eigenvalue weighted by atomic mass is 19.1. The minimum absolute atomic E-state index is 0.0144. The number of nitrogens with zero attached hydrogens (tertiary/aromatic N) is 4. The molecule has 0 bridgehead atoms. The van der Waals surface area contributed by atoms with E-state index in [0.717, 1.165) is 6.07 Å². The van der Waals surface area contributed by atoms with Gasteiger partial charge in [-0.1, -0.05) is 6.07 Å². The molecule has 12 nitrogen and oxygen atoms in total. The molecule has 0 spiro atoms. The van der Waals surface area contributed by atoms with Crippen LogP contribution in [0.5, 0.6) is 5.75 Å². The lowest BCUT2D eigenvalue weighted by Crippen LogP contribution is -2.57. The molecule has 1 N–H and O–H groups in total. The zero-order chi connectivity index (χ0) is 29.3. The number of aromatic nitrogens is 1. The summed E-state index contributed by atoms with van der Waals surface area (Å²) in [7, 11) is 1.94. The Labute approximate surface area is 234 Å². The molecule has 220 valence electrons. The molecular weight excluding hydrogens is 544 g/mol. The van der Waals surface area contributed by atoms with Gasteiger partial charge in [-0.05, 0) is 26.5 Å². The summed E-state index contributed by atoms with van der Waals surface area (Å²) < 4.78 is 45.4. The van der Waals surface area contributed by atoms with Gasteiger partial charge in [-0.15, -0.1) is 0 Å². The molecule has 2 aromatic rings. The highest BCUT2D eigenvalue weighted by Gasteiger charge is 2.41. The van der Waals surface area contributed by atoms with Crippen molar-refractivity contribution in [1.29, 1.82) is 0 Å². The molecule has 3 amide bonds. The molecule has 0 radical (unpaired) electrons.